The summed E-state index contributed by atoms with van der Waals surface area (Å²) in [5.41, 5.74) is 3.00. The van der Waals surface area contributed by atoms with Crippen molar-refractivity contribution in [1.29, 1.82) is 0 Å². The zero-order chi connectivity index (χ0) is 12.5. The molecule has 90 valence electrons. The largest absolute Gasteiger partial charge is 0.496 e. The number of ether oxygens (including phenoxy) is 2. The topological polar surface area (TPSA) is 48.4 Å². The van der Waals surface area contributed by atoms with E-state index >= 15 is 0 Å². The second-order valence-corrected chi connectivity index (χ2v) is 3.99. The quantitative estimate of drug-likeness (QED) is 0.758. The molecule has 0 atom stereocenters. The van der Waals surface area contributed by atoms with Gasteiger partial charge in [0.05, 0.1) is 18.4 Å². The van der Waals surface area contributed by atoms with Gasteiger partial charge in [0.25, 0.3) is 0 Å². The number of hydrogen-bond donors (Lipinski definition) is 0. The summed E-state index contributed by atoms with van der Waals surface area (Å²) in [5, 5.41) is 0. The number of fused-ring (bicyclic) bond motifs is 1. The number of esters is 1. The van der Waals surface area contributed by atoms with E-state index in [1.807, 2.05) is 24.3 Å². The summed E-state index contributed by atoms with van der Waals surface area (Å²) in [5.74, 6) is 0.444. The average molecular weight is 241 g/mol. The molecule has 2 aromatic rings. The van der Waals surface area contributed by atoms with Crippen molar-refractivity contribution in [2.24, 2.45) is 0 Å². The highest BCUT2D eigenvalue weighted by molar-refractivity contribution is 5.94. The molecule has 18 heavy (non-hydrogen) atoms. The molecule has 1 aromatic heterocycles. The molecule has 1 aliphatic heterocycles. The van der Waals surface area contributed by atoms with Gasteiger partial charge in [-0.2, -0.15) is 0 Å². The predicted molar refractivity (Wildman–Crippen MR) is 65.3 cm³/mol. The predicted octanol–water partition coefficient (Wildman–Crippen LogP) is 2.43. The Morgan fingerprint density at radius 3 is 2.94 bits per heavy atom. The molecule has 1 aliphatic rings. The van der Waals surface area contributed by atoms with E-state index in [2.05, 4.69) is 4.98 Å². The Morgan fingerprint density at radius 2 is 2.11 bits per heavy atom. The summed E-state index contributed by atoms with van der Waals surface area (Å²) < 4.78 is 10.2. The first kappa shape index (κ1) is 10.8. The van der Waals surface area contributed by atoms with E-state index in [-0.39, 0.29) is 12.6 Å². The van der Waals surface area contributed by atoms with Crippen molar-refractivity contribution in [2.45, 2.75) is 6.61 Å². The summed E-state index contributed by atoms with van der Waals surface area (Å²) in [7, 11) is 1.62. The number of rotatable bonds is 2. The molecule has 4 heteroatoms. The summed E-state index contributed by atoms with van der Waals surface area (Å²) in [6.07, 6.45) is 1.73. The van der Waals surface area contributed by atoms with Crippen LogP contribution in [0.1, 0.15) is 16.1 Å². The van der Waals surface area contributed by atoms with Crippen LogP contribution in [0.25, 0.3) is 11.1 Å². The van der Waals surface area contributed by atoms with Crippen molar-refractivity contribution in [3.05, 3.63) is 47.8 Å². The highest BCUT2D eigenvalue weighted by Gasteiger charge is 2.23. The molecule has 0 aliphatic carbocycles. The Kier molecular flexibility index (Phi) is 2.48. The first-order valence-electron chi connectivity index (χ1n) is 5.59. The second kappa shape index (κ2) is 4.14. The molecule has 2 heterocycles. The number of carbonyl (C=O) groups excluding carboxylic acids is 1. The van der Waals surface area contributed by atoms with Crippen LogP contribution in [0.4, 0.5) is 0 Å². The van der Waals surface area contributed by atoms with Crippen LogP contribution in [0, 0.1) is 0 Å². The van der Waals surface area contributed by atoms with Gasteiger partial charge in [-0.15, -0.1) is 0 Å². The molecular formula is C14H11NO3. The fourth-order valence-electron chi connectivity index (χ4n) is 2.03. The zero-order valence-electron chi connectivity index (χ0n) is 9.84. The number of nitrogens with zero attached hydrogens (tertiary/aromatic N) is 1. The monoisotopic (exact) mass is 241 g/mol. The van der Waals surface area contributed by atoms with Gasteiger partial charge < -0.3 is 9.47 Å². The molecule has 0 unspecified atom stereocenters. The van der Waals surface area contributed by atoms with E-state index in [0.29, 0.717) is 11.3 Å². The number of cyclic esters (lactones) is 1. The van der Waals surface area contributed by atoms with E-state index in [9.17, 15) is 4.79 Å². The lowest BCUT2D eigenvalue weighted by atomic mass is 10.0. The SMILES string of the molecule is COc1ccccc1-c1cnc2c(c1)C(=O)OC2. The first-order valence-corrected chi connectivity index (χ1v) is 5.59. The minimum atomic E-state index is -0.311. The van der Waals surface area contributed by atoms with Crippen LogP contribution in [0.2, 0.25) is 0 Å². The van der Waals surface area contributed by atoms with Gasteiger partial charge in [0.1, 0.15) is 12.4 Å². The van der Waals surface area contributed by atoms with Crippen LogP contribution in [0.3, 0.4) is 0 Å². The lowest BCUT2D eigenvalue weighted by molar-refractivity contribution is 0.0533. The molecule has 4 nitrogen and oxygen atoms in total. The minimum Gasteiger partial charge on any atom is -0.496 e. The summed E-state index contributed by atoms with van der Waals surface area (Å²) in [4.78, 5) is 15.8. The van der Waals surface area contributed by atoms with Gasteiger partial charge in [0.2, 0.25) is 0 Å². The molecule has 0 saturated heterocycles. The maximum Gasteiger partial charge on any atom is 0.340 e. The third-order valence-corrected chi connectivity index (χ3v) is 2.95. The van der Waals surface area contributed by atoms with E-state index < -0.39 is 0 Å². The Bertz CT molecular complexity index is 622. The van der Waals surface area contributed by atoms with Gasteiger partial charge in [-0.3, -0.25) is 4.98 Å². The molecule has 0 bridgehead atoms. The van der Waals surface area contributed by atoms with E-state index in [1.165, 1.54) is 0 Å². The highest BCUT2D eigenvalue weighted by Crippen LogP contribution is 2.31. The summed E-state index contributed by atoms with van der Waals surface area (Å²) in [6, 6.07) is 9.43. The molecular weight excluding hydrogens is 230 g/mol. The summed E-state index contributed by atoms with van der Waals surface area (Å²) >= 11 is 0. The fraction of sp³-hybridized carbons (Fsp3) is 0.143. The van der Waals surface area contributed by atoms with Crippen LogP contribution < -0.4 is 4.74 Å². The van der Waals surface area contributed by atoms with E-state index in [4.69, 9.17) is 9.47 Å². The van der Waals surface area contributed by atoms with Crippen LogP contribution in [-0.4, -0.2) is 18.1 Å². The van der Waals surface area contributed by atoms with Crippen molar-refractivity contribution >= 4 is 5.97 Å². The maximum absolute atomic E-state index is 11.5. The third kappa shape index (κ3) is 1.62. The first-order chi connectivity index (χ1) is 8.79. The maximum atomic E-state index is 11.5. The molecule has 3 rings (SSSR count). The molecule has 0 spiro atoms. The minimum absolute atomic E-state index is 0.264. The highest BCUT2D eigenvalue weighted by atomic mass is 16.5. The number of para-hydroxylation sites is 1. The van der Waals surface area contributed by atoms with E-state index in [0.717, 1.165) is 16.9 Å². The van der Waals surface area contributed by atoms with Gasteiger partial charge in [-0.05, 0) is 12.1 Å². The fourth-order valence-corrected chi connectivity index (χ4v) is 2.03. The third-order valence-electron chi connectivity index (χ3n) is 2.95. The smallest absolute Gasteiger partial charge is 0.340 e. The Labute approximate surface area is 104 Å². The number of carbonyl (C=O) groups is 1. The molecule has 0 N–H and O–H groups in total. The lowest BCUT2D eigenvalue weighted by Crippen LogP contribution is -1.96. The number of benzene rings is 1. The Hall–Kier alpha value is -2.36. The lowest BCUT2D eigenvalue weighted by Gasteiger charge is -2.08. The Balaban J connectivity index is 2.13. The van der Waals surface area contributed by atoms with Crippen LogP contribution in [0.15, 0.2) is 36.5 Å². The standard InChI is InChI=1S/C14H11NO3/c1-17-13-5-3-2-4-10(13)9-6-11-12(15-7-9)8-18-14(11)16/h2-7H,8H2,1H3. The van der Waals surface area contributed by atoms with Crippen LogP contribution in [0.5, 0.6) is 5.75 Å². The van der Waals surface area contributed by atoms with Gasteiger partial charge in [-0.1, -0.05) is 18.2 Å². The average Bonchev–Trinajstić information content (AvgIpc) is 2.80. The molecule has 0 fully saturated rings. The zero-order valence-corrected chi connectivity index (χ0v) is 9.84. The molecule has 0 saturated carbocycles. The van der Waals surface area contributed by atoms with Gasteiger partial charge in [0, 0.05) is 17.3 Å². The van der Waals surface area contributed by atoms with Gasteiger partial charge >= 0.3 is 5.97 Å². The van der Waals surface area contributed by atoms with Crippen molar-refractivity contribution in [2.75, 3.05) is 7.11 Å². The number of methoxy groups -OCH3 is 1. The van der Waals surface area contributed by atoms with Crippen molar-refractivity contribution < 1.29 is 14.3 Å². The van der Waals surface area contributed by atoms with Crippen LogP contribution in [-0.2, 0) is 11.3 Å². The number of aromatic nitrogens is 1. The second-order valence-electron chi connectivity index (χ2n) is 3.99. The number of pyridine rings is 1. The van der Waals surface area contributed by atoms with Gasteiger partial charge in [-0.25, -0.2) is 4.79 Å². The molecule has 0 radical (unpaired) electrons. The normalized spacial score (nSPS) is 13.1. The van der Waals surface area contributed by atoms with Crippen molar-refractivity contribution in [1.82, 2.24) is 4.98 Å². The van der Waals surface area contributed by atoms with Gasteiger partial charge in [0.15, 0.2) is 0 Å². The Morgan fingerprint density at radius 1 is 1.28 bits per heavy atom. The molecule has 0 amide bonds. The van der Waals surface area contributed by atoms with Crippen LogP contribution >= 0.6 is 0 Å². The number of hydrogen-bond acceptors (Lipinski definition) is 4. The van der Waals surface area contributed by atoms with E-state index in [1.54, 1.807) is 19.4 Å². The van der Waals surface area contributed by atoms with Crippen molar-refractivity contribution in [3.63, 3.8) is 0 Å². The summed E-state index contributed by atoms with van der Waals surface area (Å²) in [6.45, 7) is 0.264. The van der Waals surface area contributed by atoms with Crippen molar-refractivity contribution in [3.8, 4) is 16.9 Å². The molecule has 1 aromatic carbocycles.